The minimum Gasteiger partial charge on any atom is -0.0619 e. The molecule has 8 aromatic rings. The molecule has 0 saturated heterocycles. The SMILES string of the molecule is Brc1cccc2c1-c1ccccc1C21c2ccccc2-c2c(-c3cccc4c3-c3ccccc3C43c4ccccc4-c4ccccc43)cccc21. The molecule has 0 radical (unpaired) electrons. The third kappa shape index (κ3) is 3.11. The second kappa shape index (κ2) is 9.72. The van der Waals surface area contributed by atoms with Gasteiger partial charge in [0.25, 0.3) is 0 Å². The quantitative estimate of drug-likeness (QED) is 0.159. The molecule has 4 aliphatic rings. The van der Waals surface area contributed by atoms with Crippen LogP contribution in [0.5, 0.6) is 0 Å². The molecule has 12 rings (SSSR count). The van der Waals surface area contributed by atoms with Crippen LogP contribution >= 0.6 is 15.9 Å². The van der Waals surface area contributed by atoms with Gasteiger partial charge >= 0.3 is 0 Å². The van der Waals surface area contributed by atoms with Crippen LogP contribution in [0.1, 0.15) is 44.5 Å². The second-order valence-electron chi connectivity index (χ2n) is 14.3. The predicted octanol–water partition coefficient (Wildman–Crippen LogP) is 12.8. The summed E-state index contributed by atoms with van der Waals surface area (Å²) >= 11 is 3.98. The van der Waals surface area contributed by atoms with Gasteiger partial charge < -0.3 is 0 Å². The molecule has 0 amide bonds. The maximum Gasteiger partial charge on any atom is 0.0726 e. The normalized spacial score (nSPS) is 17.0. The maximum absolute atomic E-state index is 3.98. The van der Waals surface area contributed by atoms with Gasteiger partial charge in [-0.15, -0.1) is 0 Å². The number of hydrogen-bond donors (Lipinski definition) is 0. The number of hydrogen-bond acceptors (Lipinski definition) is 0. The van der Waals surface area contributed by atoms with Gasteiger partial charge in [0.2, 0.25) is 0 Å². The van der Waals surface area contributed by atoms with Crippen molar-refractivity contribution in [1.29, 1.82) is 0 Å². The zero-order valence-electron chi connectivity index (χ0n) is 27.6. The Kier molecular flexibility index (Phi) is 5.34. The Bertz CT molecular complexity index is 2790. The fourth-order valence-corrected chi connectivity index (χ4v) is 11.4. The van der Waals surface area contributed by atoms with Gasteiger partial charge in [0, 0.05) is 10.0 Å². The number of fused-ring (bicyclic) bond motifs is 20. The predicted molar refractivity (Wildman–Crippen MR) is 212 cm³/mol. The van der Waals surface area contributed by atoms with Crippen molar-refractivity contribution in [2.24, 2.45) is 0 Å². The van der Waals surface area contributed by atoms with Crippen LogP contribution in [0, 0.1) is 0 Å². The molecular weight excluding hydrogens is 680 g/mol. The monoisotopic (exact) mass is 708 g/mol. The highest BCUT2D eigenvalue weighted by Crippen LogP contribution is 2.67. The molecule has 8 aromatic carbocycles. The van der Waals surface area contributed by atoms with Crippen LogP contribution in [0.15, 0.2) is 180 Å². The van der Waals surface area contributed by atoms with E-state index in [4.69, 9.17) is 0 Å². The first-order valence-corrected chi connectivity index (χ1v) is 18.6. The molecule has 0 nitrogen and oxygen atoms in total. The zero-order chi connectivity index (χ0) is 33.5. The summed E-state index contributed by atoms with van der Waals surface area (Å²) < 4.78 is 1.14. The number of benzene rings is 8. The first-order valence-electron chi connectivity index (χ1n) is 17.8. The Morgan fingerprint density at radius 3 is 0.961 bits per heavy atom. The van der Waals surface area contributed by atoms with Crippen molar-refractivity contribution >= 4 is 15.9 Å². The van der Waals surface area contributed by atoms with Crippen molar-refractivity contribution in [3.05, 3.63) is 225 Å². The molecule has 1 heteroatoms. The molecule has 0 heterocycles. The van der Waals surface area contributed by atoms with E-state index in [1.165, 1.54) is 100 Å². The Labute approximate surface area is 305 Å². The lowest BCUT2D eigenvalue weighted by Crippen LogP contribution is -2.26. The van der Waals surface area contributed by atoms with Gasteiger partial charge in [-0.3, -0.25) is 0 Å². The van der Waals surface area contributed by atoms with E-state index < -0.39 is 5.41 Å². The van der Waals surface area contributed by atoms with Gasteiger partial charge in [-0.1, -0.05) is 186 Å². The summed E-state index contributed by atoms with van der Waals surface area (Å²) in [6.07, 6.45) is 0. The highest BCUT2D eigenvalue weighted by molar-refractivity contribution is 9.10. The topological polar surface area (TPSA) is 0 Å². The smallest absolute Gasteiger partial charge is 0.0619 e. The van der Waals surface area contributed by atoms with Crippen LogP contribution < -0.4 is 0 Å². The minimum absolute atomic E-state index is 0.373. The van der Waals surface area contributed by atoms with Gasteiger partial charge in [-0.05, 0) is 101 Å². The summed E-state index contributed by atoms with van der Waals surface area (Å²) in [5.41, 5.74) is 23.4. The van der Waals surface area contributed by atoms with Crippen molar-refractivity contribution in [1.82, 2.24) is 0 Å². The van der Waals surface area contributed by atoms with Crippen LogP contribution in [0.3, 0.4) is 0 Å². The van der Waals surface area contributed by atoms with E-state index >= 15 is 0 Å². The lowest BCUT2D eigenvalue weighted by molar-refractivity contribution is 0.793. The van der Waals surface area contributed by atoms with E-state index in [0.29, 0.717) is 0 Å². The van der Waals surface area contributed by atoms with Gasteiger partial charge in [-0.25, -0.2) is 0 Å². The molecule has 1 atom stereocenters. The third-order valence-corrected chi connectivity index (χ3v) is 13.1. The van der Waals surface area contributed by atoms with E-state index in [-0.39, 0.29) is 5.41 Å². The van der Waals surface area contributed by atoms with Gasteiger partial charge in [0.1, 0.15) is 0 Å². The van der Waals surface area contributed by atoms with E-state index in [2.05, 4.69) is 192 Å². The molecule has 236 valence electrons. The molecule has 0 aliphatic heterocycles. The van der Waals surface area contributed by atoms with Gasteiger partial charge in [0.15, 0.2) is 0 Å². The molecule has 1 unspecified atom stereocenters. The molecule has 0 bridgehead atoms. The Hall–Kier alpha value is -5.76. The molecule has 0 saturated carbocycles. The summed E-state index contributed by atoms with van der Waals surface area (Å²) in [6, 6.07) is 66.4. The fourth-order valence-electron chi connectivity index (χ4n) is 10.8. The molecule has 4 aliphatic carbocycles. The molecule has 2 spiro atoms. The molecule has 51 heavy (non-hydrogen) atoms. The van der Waals surface area contributed by atoms with E-state index in [9.17, 15) is 0 Å². The highest BCUT2D eigenvalue weighted by Gasteiger charge is 2.54. The van der Waals surface area contributed by atoms with Crippen LogP contribution in [0.25, 0.3) is 55.6 Å². The Balaban J connectivity index is 1.20. The highest BCUT2D eigenvalue weighted by atomic mass is 79.9. The van der Waals surface area contributed by atoms with Gasteiger partial charge in [0.05, 0.1) is 10.8 Å². The number of rotatable bonds is 1. The largest absolute Gasteiger partial charge is 0.0726 e. The van der Waals surface area contributed by atoms with Gasteiger partial charge in [-0.2, -0.15) is 0 Å². The zero-order valence-corrected chi connectivity index (χ0v) is 29.2. The summed E-state index contributed by atoms with van der Waals surface area (Å²) in [7, 11) is 0. The maximum atomic E-state index is 3.98. The summed E-state index contributed by atoms with van der Waals surface area (Å²) in [6.45, 7) is 0. The minimum atomic E-state index is -0.405. The van der Waals surface area contributed by atoms with Crippen LogP contribution in [-0.4, -0.2) is 0 Å². The summed E-state index contributed by atoms with van der Waals surface area (Å²) in [5, 5.41) is 0. The lowest BCUT2D eigenvalue weighted by Gasteiger charge is -2.31. The first kappa shape index (κ1) is 28.0. The van der Waals surface area contributed by atoms with Crippen molar-refractivity contribution in [2.75, 3.05) is 0 Å². The van der Waals surface area contributed by atoms with E-state index in [1.54, 1.807) is 0 Å². The second-order valence-corrected chi connectivity index (χ2v) is 15.2. The van der Waals surface area contributed by atoms with Crippen LogP contribution in [0.2, 0.25) is 0 Å². The van der Waals surface area contributed by atoms with Crippen LogP contribution in [-0.2, 0) is 10.8 Å². The molecular formula is C50H29Br. The Morgan fingerprint density at radius 1 is 0.235 bits per heavy atom. The van der Waals surface area contributed by atoms with Crippen molar-refractivity contribution in [3.63, 3.8) is 0 Å². The van der Waals surface area contributed by atoms with Crippen molar-refractivity contribution in [3.8, 4) is 55.6 Å². The van der Waals surface area contributed by atoms with Crippen LogP contribution in [0.4, 0.5) is 0 Å². The Morgan fingerprint density at radius 2 is 0.510 bits per heavy atom. The molecule has 0 fully saturated rings. The van der Waals surface area contributed by atoms with E-state index in [1.807, 2.05) is 0 Å². The van der Waals surface area contributed by atoms with Crippen molar-refractivity contribution in [2.45, 2.75) is 10.8 Å². The lowest BCUT2D eigenvalue weighted by atomic mass is 9.70. The van der Waals surface area contributed by atoms with Crippen molar-refractivity contribution < 1.29 is 0 Å². The average Bonchev–Trinajstić information content (AvgIpc) is 3.87. The number of halogens is 1. The summed E-state index contributed by atoms with van der Waals surface area (Å²) in [5.74, 6) is 0. The molecule has 0 aromatic heterocycles. The standard InChI is InChI=1S/C50H29Br/c51-45-29-13-28-44-48(45)36-18-5-10-25-41(36)50(44)40-24-9-4-17-35(40)47-33(20-12-27-43(47)50)32-19-11-26-42-46(32)34-16-3-8-23-39(34)49(42)37-21-6-1-14-30(37)31-15-2-7-22-38(31)49/h1-29H. The first-order chi connectivity index (χ1) is 25.3. The average molecular weight is 710 g/mol. The third-order valence-electron chi connectivity index (χ3n) is 12.4. The summed E-state index contributed by atoms with van der Waals surface area (Å²) in [4.78, 5) is 0. The fraction of sp³-hybridized carbons (Fsp3) is 0.0400. The molecule has 0 N–H and O–H groups in total. The van der Waals surface area contributed by atoms with E-state index in [0.717, 1.165) is 4.47 Å².